The molecule has 7 nitrogen and oxygen atoms in total. The Balaban J connectivity index is 1.38. The van der Waals surface area contributed by atoms with Gasteiger partial charge in [-0.15, -0.1) is 10.2 Å². The van der Waals surface area contributed by atoms with Gasteiger partial charge in [0.2, 0.25) is 5.91 Å². The van der Waals surface area contributed by atoms with E-state index in [0.717, 1.165) is 22.0 Å². The average molecular weight is 416 g/mol. The number of benzene rings is 3. The SMILES string of the molecule is O=C(CSc1ccc(-c2ccc3ccccc3c2)nn1)Nc1cccc([N+](=O)[O-])c1. The van der Waals surface area contributed by atoms with Crippen LogP contribution in [0.25, 0.3) is 22.0 Å². The number of amides is 1. The van der Waals surface area contributed by atoms with Crippen molar-refractivity contribution in [3.8, 4) is 11.3 Å². The Morgan fingerprint density at radius 2 is 1.77 bits per heavy atom. The Morgan fingerprint density at radius 1 is 0.933 bits per heavy atom. The fourth-order valence-corrected chi connectivity index (χ4v) is 3.55. The zero-order valence-corrected chi connectivity index (χ0v) is 16.5. The first kappa shape index (κ1) is 19.5. The Kier molecular flexibility index (Phi) is 5.67. The summed E-state index contributed by atoms with van der Waals surface area (Å²) >= 11 is 1.25. The van der Waals surface area contributed by atoms with Crippen molar-refractivity contribution in [3.63, 3.8) is 0 Å². The summed E-state index contributed by atoms with van der Waals surface area (Å²) in [7, 11) is 0. The predicted molar refractivity (Wildman–Crippen MR) is 117 cm³/mol. The maximum absolute atomic E-state index is 12.1. The topological polar surface area (TPSA) is 98.0 Å². The minimum atomic E-state index is -0.503. The average Bonchev–Trinajstić information content (AvgIpc) is 2.78. The second-order valence-electron chi connectivity index (χ2n) is 6.46. The highest BCUT2D eigenvalue weighted by Crippen LogP contribution is 2.24. The normalized spacial score (nSPS) is 10.7. The number of fused-ring (bicyclic) bond motifs is 1. The van der Waals surface area contributed by atoms with Gasteiger partial charge in [0.25, 0.3) is 5.69 Å². The summed E-state index contributed by atoms with van der Waals surface area (Å²) in [6, 6.07) is 23.8. The van der Waals surface area contributed by atoms with Gasteiger partial charge in [-0.2, -0.15) is 0 Å². The lowest BCUT2D eigenvalue weighted by Gasteiger charge is -2.06. The fraction of sp³-hybridized carbons (Fsp3) is 0.0455. The van der Waals surface area contributed by atoms with Gasteiger partial charge in [0.1, 0.15) is 5.03 Å². The van der Waals surface area contributed by atoms with E-state index in [0.29, 0.717) is 10.7 Å². The van der Waals surface area contributed by atoms with Crippen molar-refractivity contribution >= 4 is 39.8 Å². The zero-order chi connectivity index (χ0) is 20.9. The molecule has 1 amide bonds. The van der Waals surface area contributed by atoms with Crippen LogP contribution in [-0.4, -0.2) is 26.8 Å². The van der Waals surface area contributed by atoms with Crippen molar-refractivity contribution < 1.29 is 9.72 Å². The monoisotopic (exact) mass is 416 g/mol. The molecule has 8 heteroatoms. The smallest absolute Gasteiger partial charge is 0.271 e. The van der Waals surface area contributed by atoms with Crippen molar-refractivity contribution in [2.24, 2.45) is 0 Å². The molecule has 1 N–H and O–H groups in total. The van der Waals surface area contributed by atoms with Crippen molar-refractivity contribution in [1.29, 1.82) is 0 Å². The number of non-ortho nitro benzene ring substituents is 1. The highest BCUT2D eigenvalue weighted by Gasteiger charge is 2.10. The minimum Gasteiger partial charge on any atom is -0.325 e. The van der Waals surface area contributed by atoms with Crippen molar-refractivity contribution in [2.75, 3.05) is 11.1 Å². The minimum absolute atomic E-state index is 0.0735. The number of carbonyl (C=O) groups excluding carboxylic acids is 1. The molecule has 0 aliphatic carbocycles. The quantitative estimate of drug-likeness (QED) is 0.272. The summed E-state index contributed by atoms with van der Waals surface area (Å²) < 4.78 is 0. The first-order chi connectivity index (χ1) is 14.6. The molecule has 148 valence electrons. The van der Waals surface area contributed by atoms with Gasteiger partial charge in [-0.3, -0.25) is 14.9 Å². The molecular weight excluding hydrogens is 400 g/mol. The molecule has 0 aliphatic heterocycles. The van der Waals surface area contributed by atoms with Gasteiger partial charge in [0.05, 0.1) is 16.4 Å². The molecule has 1 heterocycles. The molecule has 0 bridgehead atoms. The number of rotatable bonds is 6. The number of anilines is 1. The third kappa shape index (κ3) is 4.61. The summed E-state index contributed by atoms with van der Waals surface area (Å²) in [6.45, 7) is 0. The van der Waals surface area contributed by atoms with E-state index >= 15 is 0 Å². The van der Waals surface area contributed by atoms with E-state index in [4.69, 9.17) is 0 Å². The summed E-state index contributed by atoms with van der Waals surface area (Å²) in [5.74, 6) is -0.159. The van der Waals surface area contributed by atoms with Crippen LogP contribution in [0.2, 0.25) is 0 Å². The van der Waals surface area contributed by atoms with Crippen LogP contribution in [0.3, 0.4) is 0 Å². The summed E-state index contributed by atoms with van der Waals surface area (Å²) in [5, 5.41) is 24.8. The molecule has 0 atom stereocenters. The Bertz CT molecular complexity index is 1230. The maximum atomic E-state index is 12.1. The first-order valence-electron chi connectivity index (χ1n) is 9.08. The van der Waals surface area contributed by atoms with Gasteiger partial charge in [0, 0.05) is 23.4 Å². The molecule has 3 aromatic carbocycles. The van der Waals surface area contributed by atoms with Crippen LogP contribution < -0.4 is 5.32 Å². The predicted octanol–water partition coefficient (Wildman–Crippen LogP) is 4.94. The highest BCUT2D eigenvalue weighted by molar-refractivity contribution is 7.99. The standard InChI is InChI=1S/C22H16N4O3S/c27-21(23-18-6-3-7-19(13-18)26(28)29)14-30-22-11-10-20(24-25-22)17-9-8-15-4-1-2-5-16(15)12-17/h1-13H,14H2,(H,23,27). The van der Waals surface area contributed by atoms with Crippen LogP contribution in [0.4, 0.5) is 11.4 Å². The Labute approximate surface area is 176 Å². The summed E-state index contributed by atoms with van der Waals surface area (Å²) in [6.07, 6.45) is 0. The number of hydrogen-bond donors (Lipinski definition) is 1. The fourth-order valence-electron chi connectivity index (χ4n) is 2.93. The molecule has 0 radical (unpaired) electrons. The summed E-state index contributed by atoms with van der Waals surface area (Å²) in [4.78, 5) is 22.4. The van der Waals surface area contributed by atoms with Crippen LogP contribution in [0.5, 0.6) is 0 Å². The van der Waals surface area contributed by atoms with E-state index in [2.05, 4.69) is 33.7 Å². The Hall–Kier alpha value is -3.78. The molecule has 4 rings (SSSR count). The van der Waals surface area contributed by atoms with Crippen LogP contribution >= 0.6 is 11.8 Å². The molecule has 4 aromatic rings. The number of carbonyl (C=O) groups is 1. The van der Waals surface area contributed by atoms with Gasteiger partial charge >= 0.3 is 0 Å². The maximum Gasteiger partial charge on any atom is 0.271 e. The van der Waals surface area contributed by atoms with Gasteiger partial charge in [0.15, 0.2) is 0 Å². The molecule has 0 unspecified atom stereocenters. The molecule has 0 saturated carbocycles. The lowest BCUT2D eigenvalue weighted by Crippen LogP contribution is -2.14. The summed E-state index contributed by atoms with van der Waals surface area (Å²) in [5.41, 5.74) is 2.04. The van der Waals surface area contributed by atoms with Crippen molar-refractivity contribution in [2.45, 2.75) is 5.03 Å². The lowest BCUT2D eigenvalue weighted by atomic mass is 10.1. The van der Waals surface area contributed by atoms with E-state index in [9.17, 15) is 14.9 Å². The number of aromatic nitrogens is 2. The second-order valence-corrected chi connectivity index (χ2v) is 7.46. The van der Waals surface area contributed by atoms with Crippen molar-refractivity contribution in [3.05, 3.63) is 89.0 Å². The van der Waals surface area contributed by atoms with E-state index in [1.54, 1.807) is 6.07 Å². The molecule has 1 aromatic heterocycles. The molecule has 0 aliphatic rings. The van der Waals surface area contributed by atoms with E-state index in [1.165, 1.54) is 30.0 Å². The highest BCUT2D eigenvalue weighted by atomic mass is 32.2. The number of hydrogen-bond acceptors (Lipinski definition) is 6. The molecule has 0 saturated heterocycles. The van der Waals surface area contributed by atoms with Gasteiger partial charge < -0.3 is 5.32 Å². The number of nitro groups is 1. The Morgan fingerprint density at radius 3 is 2.53 bits per heavy atom. The second kappa shape index (κ2) is 8.71. The van der Waals surface area contributed by atoms with Gasteiger partial charge in [-0.1, -0.05) is 54.2 Å². The molecule has 0 spiro atoms. The molecular formula is C22H16N4O3S. The largest absolute Gasteiger partial charge is 0.325 e. The molecule has 30 heavy (non-hydrogen) atoms. The lowest BCUT2D eigenvalue weighted by molar-refractivity contribution is -0.384. The first-order valence-corrected chi connectivity index (χ1v) is 10.1. The number of nitrogens with one attached hydrogen (secondary N) is 1. The van der Waals surface area contributed by atoms with E-state index in [-0.39, 0.29) is 17.3 Å². The van der Waals surface area contributed by atoms with Crippen LogP contribution in [0, 0.1) is 10.1 Å². The van der Waals surface area contributed by atoms with E-state index < -0.39 is 4.92 Å². The van der Waals surface area contributed by atoms with Crippen LogP contribution in [0.15, 0.2) is 83.9 Å². The van der Waals surface area contributed by atoms with Gasteiger partial charge in [-0.05, 0) is 35.0 Å². The van der Waals surface area contributed by atoms with Gasteiger partial charge in [-0.25, -0.2) is 0 Å². The number of nitro benzene ring substituents is 1. The zero-order valence-electron chi connectivity index (χ0n) is 15.7. The van der Waals surface area contributed by atoms with Crippen molar-refractivity contribution in [1.82, 2.24) is 10.2 Å². The van der Waals surface area contributed by atoms with Crippen LogP contribution in [-0.2, 0) is 4.79 Å². The molecule has 0 fully saturated rings. The van der Waals surface area contributed by atoms with Crippen LogP contribution in [0.1, 0.15) is 0 Å². The third-order valence-corrected chi connectivity index (χ3v) is 5.30. The third-order valence-electron chi connectivity index (χ3n) is 4.38. The number of thioether (sulfide) groups is 1. The van der Waals surface area contributed by atoms with E-state index in [1.807, 2.05) is 36.4 Å². The number of nitrogens with zero attached hydrogens (tertiary/aromatic N) is 3.